The van der Waals surface area contributed by atoms with Crippen LogP contribution in [-0.2, 0) is 0 Å². The van der Waals surface area contributed by atoms with Gasteiger partial charge in [0.2, 0.25) is 0 Å². The Bertz CT molecular complexity index is 492. The molecule has 0 aromatic heterocycles. The van der Waals surface area contributed by atoms with Crippen LogP contribution in [0.25, 0.3) is 11.8 Å². The van der Waals surface area contributed by atoms with Gasteiger partial charge in [-0.15, -0.1) is 0 Å². The van der Waals surface area contributed by atoms with Crippen molar-refractivity contribution in [3.63, 3.8) is 0 Å². The molecule has 1 radical (unpaired) electrons. The summed E-state index contributed by atoms with van der Waals surface area (Å²) >= 11 is 0. The molecule has 1 aliphatic heterocycles. The minimum atomic E-state index is -0.255. The van der Waals surface area contributed by atoms with Gasteiger partial charge in [0.25, 0.3) is 0 Å². The first-order valence-electron chi connectivity index (χ1n) is 5.51. The number of hydrogen-bond acceptors (Lipinski definition) is 2. The Balaban J connectivity index is 2.24. The highest BCUT2D eigenvalue weighted by molar-refractivity contribution is 5.57. The van der Waals surface area contributed by atoms with Gasteiger partial charge in [0, 0.05) is 5.22 Å². The molecule has 0 bridgehead atoms. The normalized spacial score (nSPS) is 28.5. The highest BCUT2D eigenvalue weighted by Crippen LogP contribution is 2.24. The monoisotopic (exact) mass is 200 g/mol. The van der Waals surface area contributed by atoms with E-state index >= 15 is 0 Å². The highest BCUT2D eigenvalue weighted by atomic mass is 16.3. The summed E-state index contributed by atoms with van der Waals surface area (Å²) in [4.78, 5) is 0. The van der Waals surface area contributed by atoms with Crippen LogP contribution >= 0.6 is 0 Å². The van der Waals surface area contributed by atoms with Gasteiger partial charge in [-0.25, -0.2) is 0 Å². The molecule has 2 N–H and O–H groups in total. The minimum Gasteiger partial charge on any atom is -0.391 e. The average molecular weight is 200 g/mol. The van der Waals surface area contributed by atoms with E-state index in [2.05, 4.69) is 29.7 Å². The molecule has 2 nitrogen and oxygen atoms in total. The van der Waals surface area contributed by atoms with Crippen LogP contribution in [0.3, 0.4) is 0 Å². The van der Waals surface area contributed by atoms with Crippen molar-refractivity contribution in [3.05, 3.63) is 34.7 Å². The first-order valence-corrected chi connectivity index (χ1v) is 5.51. The lowest BCUT2D eigenvalue weighted by Crippen LogP contribution is -2.49. The second-order valence-corrected chi connectivity index (χ2v) is 4.28. The molecular weight excluding hydrogens is 186 g/mol. The molecule has 0 amide bonds. The maximum Gasteiger partial charge on any atom is 0.0780 e. The van der Waals surface area contributed by atoms with Crippen LogP contribution in [0.15, 0.2) is 24.3 Å². The number of rotatable bonds is 0. The predicted molar refractivity (Wildman–Crippen MR) is 59.3 cm³/mol. The van der Waals surface area contributed by atoms with Gasteiger partial charge in [0.05, 0.1) is 18.3 Å². The van der Waals surface area contributed by atoms with Crippen molar-refractivity contribution >= 4 is 11.8 Å². The van der Waals surface area contributed by atoms with Crippen LogP contribution in [0.5, 0.6) is 0 Å². The smallest absolute Gasteiger partial charge is 0.0780 e. The van der Waals surface area contributed by atoms with Gasteiger partial charge < -0.3 is 10.4 Å². The van der Waals surface area contributed by atoms with E-state index in [9.17, 15) is 5.11 Å². The lowest BCUT2D eigenvalue weighted by atomic mass is 9.84. The molecule has 2 atom stereocenters. The van der Waals surface area contributed by atoms with E-state index in [1.165, 1.54) is 10.8 Å². The van der Waals surface area contributed by atoms with Crippen molar-refractivity contribution < 1.29 is 5.11 Å². The Morgan fingerprint density at radius 3 is 3.13 bits per heavy atom. The number of aliphatic hydroxyl groups is 1. The number of benzene rings is 1. The molecule has 2 unspecified atom stereocenters. The number of nitrogens with one attached hydrogen (secondary N) is 1. The molecule has 2 aliphatic rings. The zero-order chi connectivity index (χ0) is 10.3. The van der Waals surface area contributed by atoms with Crippen LogP contribution in [0.1, 0.15) is 19.3 Å². The van der Waals surface area contributed by atoms with Crippen LogP contribution < -0.4 is 15.8 Å². The lowest BCUT2D eigenvalue weighted by Gasteiger charge is -2.32. The topological polar surface area (TPSA) is 32.3 Å². The van der Waals surface area contributed by atoms with Gasteiger partial charge in [-0.2, -0.15) is 0 Å². The molecule has 3 rings (SSSR count). The molecule has 2 heteroatoms. The van der Waals surface area contributed by atoms with E-state index in [4.69, 9.17) is 0 Å². The second kappa shape index (κ2) is 3.38. The average Bonchev–Trinajstić information content (AvgIpc) is 2.29. The van der Waals surface area contributed by atoms with E-state index in [-0.39, 0.29) is 12.1 Å². The quantitative estimate of drug-likeness (QED) is 0.616. The molecule has 0 spiro atoms. The summed E-state index contributed by atoms with van der Waals surface area (Å²) in [6, 6.07) is 8.36. The van der Waals surface area contributed by atoms with E-state index in [1.54, 1.807) is 0 Å². The number of aliphatic hydroxyl groups excluding tert-OH is 1. The zero-order valence-corrected chi connectivity index (χ0v) is 8.53. The lowest BCUT2D eigenvalue weighted by molar-refractivity contribution is 0.132. The molecule has 1 aromatic carbocycles. The fourth-order valence-electron chi connectivity index (χ4n) is 2.57. The standard InChI is InChI=1S/C13H14NO/c15-12-7-3-6-11-10-5-2-1-4-9(10)8-14-13(11)12/h1-2,4-5,12-15H,3,6-7H2. The molecule has 1 saturated carbocycles. The largest absolute Gasteiger partial charge is 0.391 e. The molecule has 0 saturated heterocycles. The summed E-state index contributed by atoms with van der Waals surface area (Å²) in [6.07, 6.45) is 5.98. The Kier molecular flexibility index (Phi) is 2.03. The Morgan fingerprint density at radius 2 is 2.20 bits per heavy atom. The fraction of sp³-hybridized carbons (Fsp3) is 0.385. The van der Waals surface area contributed by atoms with Crippen molar-refractivity contribution in [1.29, 1.82) is 0 Å². The predicted octanol–water partition coefficient (Wildman–Crippen LogP) is -0.0311. The summed E-state index contributed by atoms with van der Waals surface area (Å²) in [6.45, 7) is 0. The summed E-state index contributed by atoms with van der Waals surface area (Å²) in [5, 5.41) is 15.5. The molecule has 1 aliphatic carbocycles. The maximum absolute atomic E-state index is 9.91. The third-order valence-electron chi connectivity index (χ3n) is 3.34. The molecule has 1 fully saturated rings. The van der Waals surface area contributed by atoms with E-state index in [0.717, 1.165) is 24.5 Å². The van der Waals surface area contributed by atoms with E-state index < -0.39 is 0 Å². The van der Waals surface area contributed by atoms with Crippen molar-refractivity contribution in [2.24, 2.45) is 0 Å². The van der Waals surface area contributed by atoms with Gasteiger partial charge in [-0.1, -0.05) is 24.3 Å². The number of hydrogen-bond donors (Lipinski definition) is 2. The molecule has 77 valence electrons. The van der Waals surface area contributed by atoms with Gasteiger partial charge in [-0.05, 0) is 30.1 Å². The van der Waals surface area contributed by atoms with Gasteiger partial charge in [0.1, 0.15) is 0 Å². The summed E-state index contributed by atoms with van der Waals surface area (Å²) in [5.74, 6) is 0. The van der Waals surface area contributed by atoms with Crippen LogP contribution in [0.4, 0.5) is 0 Å². The first-order chi connectivity index (χ1) is 7.36. The van der Waals surface area contributed by atoms with E-state index in [1.807, 2.05) is 6.07 Å². The van der Waals surface area contributed by atoms with Crippen molar-refractivity contribution in [1.82, 2.24) is 5.32 Å². The third kappa shape index (κ3) is 1.37. The van der Waals surface area contributed by atoms with Crippen molar-refractivity contribution in [3.8, 4) is 0 Å². The molecule has 1 heterocycles. The summed E-state index contributed by atoms with van der Waals surface area (Å²) in [5.41, 5.74) is 1.35. The third-order valence-corrected chi connectivity index (χ3v) is 3.34. The van der Waals surface area contributed by atoms with Crippen LogP contribution in [-0.4, -0.2) is 17.3 Å². The summed E-state index contributed by atoms with van der Waals surface area (Å²) < 4.78 is 0. The molecule has 1 aromatic rings. The van der Waals surface area contributed by atoms with Crippen LogP contribution in [0, 0.1) is 0 Å². The molecular formula is C13H14NO. The van der Waals surface area contributed by atoms with Crippen molar-refractivity contribution in [2.75, 3.05) is 0 Å². The second-order valence-electron chi connectivity index (χ2n) is 4.28. The van der Waals surface area contributed by atoms with Gasteiger partial charge in [-0.3, -0.25) is 0 Å². The Hall–Kier alpha value is -1.28. The SMILES string of the molecule is OC1CCCC2=c3ccccc3=[C]NC21. The fourth-order valence-corrected chi connectivity index (χ4v) is 2.57. The van der Waals surface area contributed by atoms with Gasteiger partial charge in [0.15, 0.2) is 0 Å². The first kappa shape index (κ1) is 8.98. The number of fused-ring (bicyclic) bond motifs is 2. The Labute approximate surface area is 88.9 Å². The van der Waals surface area contributed by atoms with E-state index in [0.29, 0.717) is 0 Å². The van der Waals surface area contributed by atoms with Crippen LogP contribution in [0.2, 0.25) is 0 Å². The minimum absolute atomic E-state index is 0.0913. The summed E-state index contributed by atoms with van der Waals surface area (Å²) in [7, 11) is 0. The highest BCUT2D eigenvalue weighted by Gasteiger charge is 2.28. The van der Waals surface area contributed by atoms with Gasteiger partial charge >= 0.3 is 0 Å². The van der Waals surface area contributed by atoms with Crippen molar-refractivity contribution in [2.45, 2.75) is 31.4 Å². The zero-order valence-electron chi connectivity index (χ0n) is 8.53. The molecule has 15 heavy (non-hydrogen) atoms. The Morgan fingerprint density at radius 1 is 1.33 bits per heavy atom. The maximum atomic E-state index is 9.91.